The van der Waals surface area contributed by atoms with Crippen molar-refractivity contribution in [2.45, 2.75) is 64.4 Å². The maximum Gasteiger partial charge on any atom is 0.314 e. The molecule has 0 heterocycles. The Morgan fingerprint density at radius 3 is 2.34 bits per heavy atom. The second kappa shape index (κ2) is 18.9. The molecule has 4 nitrogen and oxygen atoms in total. The van der Waals surface area contributed by atoms with Crippen molar-refractivity contribution in [2.24, 2.45) is 5.92 Å². The molecule has 0 aromatic heterocycles. The van der Waals surface area contributed by atoms with Crippen LogP contribution in [0.25, 0.3) is 11.1 Å². The van der Waals surface area contributed by atoms with Gasteiger partial charge >= 0.3 is 5.97 Å². The van der Waals surface area contributed by atoms with Crippen molar-refractivity contribution in [3.05, 3.63) is 109 Å². The lowest BCUT2D eigenvalue weighted by molar-refractivity contribution is -0.139. The molecule has 0 spiro atoms. The predicted octanol–water partition coefficient (Wildman–Crippen LogP) is 9.30. The zero-order chi connectivity index (χ0) is 28.6. The number of benzene rings is 3. The molecule has 5 heteroatoms. The standard InChI is InChI=1S/C36H45NO3.ClH/c1-5-8-9-11-20-30(17-7-3)36(38)40-34-22-15-14-21-31(34)32-27-28(16-6-2)23-24-35(32)39-33(25-26-37-4)29-18-12-10-13-19-29;/h5-6,10,12-15,18-19,21-24,27,30,33,37H,1-2,7-9,11,16-17,20,25-26H2,3-4H3;1H. The Balaban J connectivity index is 0.00000588. The van der Waals surface area contributed by atoms with Gasteiger partial charge in [-0.25, -0.2) is 0 Å². The molecule has 0 aliphatic carbocycles. The van der Waals surface area contributed by atoms with Crippen LogP contribution in [0.3, 0.4) is 0 Å². The maximum atomic E-state index is 13.4. The van der Waals surface area contributed by atoms with Crippen LogP contribution in [0, 0.1) is 5.92 Å². The van der Waals surface area contributed by atoms with Gasteiger partial charge in [0.25, 0.3) is 0 Å². The third-order valence-electron chi connectivity index (χ3n) is 7.09. The van der Waals surface area contributed by atoms with Crippen LogP contribution in [-0.4, -0.2) is 19.6 Å². The summed E-state index contributed by atoms with van der Waals surface area (Å²) in [5.74, 6) is 1.05. The third kappa shape index (κ3) is 10.5. The van der Waals surface area contributed by atoms with Gasteiger partial charge in [0.1, 0.15) is 17.6 Å². The molecule has 1 N–H and O–H groups in total. The van der Waals surface area contributed by atoms with Crippen LogP contribution in [0.2, 0.25) is 0 Å². The molecule has 0 fully saturated rings. The molecule has 0 saturated carbocycles. The Labute approximate surface area is 253 Å². The Bertz CT molecular complexity index is 1210. The minimum Gasteiger partial charge on any atom is -0.485 e. The molecule has 2 atom stereocenters. The second-order valence-corrected chi connectivity index (χ2v) is 10.2. The van der Waals surface area contributed by atoms with Gasteiger partial charge in [0.05, 0.1) is 5.92 Å². The number of carbonyl (C=O) groups is 1. The van der Waals surface area contributed by atoms with Crippen LogP contribution in [0.1, 0.15) is 69.1 Å². The summed E-state index contributed by atoms with van der Waals surface area (Å²) in [6.45, 7) is 10.7. The lowest BCUT2D eigenvalue weighted by Crippen LogP contribution is -2.21. The van der Waals surface area contributed by atoms with E-state index in [2.05, 4.69) is 49.7 Å². The molecule has 3 aromatic carbocycles. The Morgan fingerprint density at radius 2 is 1.63 bits per heavy atom. The van der Waals surface area contributed by atoms with Crippen molar-refractivity contribution in [1.82, 2.24) is 5.32 Å². The fraction of sp³-hybridized carbons (Fsp3) is 0.361. The first-order valence-corrected chi connectivity index (χ1v) is 14.6. The Kier molecular flexibility index (Phi) is 15.6. The van der Waals surface area contributed by atoms with Gasteiger partial charge in [0.2, 0.25) is 0 Å². The van der Waals surface area contributed by atoms with Crippen LogP contribution in [0.15, 0.2) is 98.1 Å². The molecule has 220 valence electrons. The van der Waals surface area contributed by atoms with E-state index in [0.29, 0.717) is 5.75 Å². The van der Waals surface area contributed by atoms with E-state index in [1.54, 1.807) is 0 Å². The highest BCUT2D eigenvalue weighted by Crippen LogP contribution is 2.40. The van der Waals surface area contributed by atoms with E-state index in [1.807, 2.05) is 67.7 Å². The second-order valence-electron chi connectivity index (χ2n) is 10.2. The van der Waals surface area contributed by atoms with Crippen molar-refractivity contribution >= 4 is 18.4 Å². The molecule has 41 heavy (non-hydrogen) atoms. The van der Waals surface area contributed by atoms with Gasteiger partial charge < -0.3 is 14.8 Å². The first-order chi connectivity index (χ1) is 19.6. The van der Waals surface area contributed by atoms with E-state index in [4.69, 9.17) is 9.47 Å². The number of allylic oxidation sites excluding steroid dienone is 2. The van der Waals surface area contributed by atoms with E-state index in [9.17, 15) is 4.79 Å². The fourth-order valence-electron chi connectivity index (χ4n) is 4.95. The highest BCUT2D eigenvalue weighted by Gasteiger charge is 2.23. The van der Waals surface area contributed by atoms with E-state index in [1.165, 1.54) is 0 Å². The quantitative estimate of drug-likeness (QED) is 0.0710. The summed E-state index contributed by atoms with van der Waals surface area (Å²) in [5, 5.41) is 3.25. The van der Waals surface area contributed by atoms with Gasteiger partial charge in [-0.2, -0.15) is 0 Å². The van der Waals surface area contributed by atoms with E-state index in [0.717, 1.165) is 85.9 Å². The number of hydrogen-bond acceptors (Lipinski definition) is 4. The summed E-state index contributed by atoms with van der Waals surface area (Å²) in [6.07, 6.45) is 10.9. The lowest BCUT2D eigenvalue weighted by atomic mass is 9.96. The zero-order valence-electron chi connectivity index (χ0n) is 24.6. The smallest absolute Gasteiger partial charge is 0.314 e. The number of nitrogens with one attached hydrogen (secondary N) is 1. The molecule has 0 amide bonds. The number of halogens is 1. The minimum absolute atomic E-state index is 0. The number of rotatable bonds is 18. The lowest BCUT2D eigenvalue weighted by Gasteiger charge is -2.23. The van der Waals surface area contributed by atoms with Crippen molar-refractivity contribution in [1.29, 1.82) is 0 Å². The van der Waals surface area contributed by atoms with Gasteiger partial charge in [-0.3, -0.25) is 4.79 Å². The number of ether oxygens (including phenoxy) is 2. The van der Waals surface area contributed by atoms with Gasteiger partial charge in [0.15, 0.2) is 0 Å². The first-order valence-electron chi connectivity index (χ1n) is 14.6. The predicted molar refractivity (Wildman–Crippen MR) is 174 cm³/mol. The number of para-hydroxylation sites is 1. The van der Waals surface area contributed by atoms with Crippen molar-refractivity contribution in [3.63, 3.8) is 0 Å². The molecule has 3 aromatic rings. The number of carbonyl (C=O) groups excluding carboxylic acids is 1. The first kappa shape index (κ1) is 33.9. The van der Waals surface area contributed by atoms with Crippen LogP contribution in [0.4, 0.5) is 0 Å². The molecule has 3 rings (SSSR count). The summed E-state index contributed by atoms with van der Waals surface area (Å²) in [5.41, 5.74) is 4.00. The molecule has 2 unspecified atom stereocenters. The molecular weight excluding hydrogens is 530 g/mol. The summed E-state index contributed by atoms with van der Waals surface area (Å²) in [4.78, 5) is 13.4. The topological polar surface area (TPSA) is 47.6 Å². The van der Waals surface area contributed by atoms with E-state index >= 15 is 0 Å². The third-order valence-corrected chi connectivity index (χ3v) is 7.09. The summed E-state index contributed by atoms with van der Waals surface area (Å²) in [7, 11) is 1.95. The van der Waals surface area contributed by atoms with Crippen molar-refractivity contribution in [2.75, 3.05) is 13.6 Å². The number of hydrogen-bond donors (Lipinski definition) is 1. The minimum atomic E-state index is -0.159. The Morgan fingerprint density at radius 1 is 0.878 bits per heavy atom. The normalized spacial score (nSPS) is 12.0. The molecule has 0 radical (unpaired) electrons. The van der Waals surface area contributed by atoms with Crippen molar-refractivity contribution < 1.29 is 14.3 Å². The average molecular weight is 576 g/mol. The summed E-state index contributed by atoms with van der Waals surface area (Å²) in [6, 6.07) is 24.3. The highest BCUT2D eigenvalue weighted by atomic mass is 35.5. The van der Waals surface area contributed by atoms with Crippen LogP contribution >= 0.6 is 12.4 Å². The van der Waals surface area contributed by atoms with Crippen molar-refractivity contribution in [3.8, 4) is 22.6 Å². The van der Waals surface area contributed by atoms with Gasteiger partial charge in [-0.15, -0.1) is 25.6 Å². The summed E-state index contributed by atoms with van der Waals surface area (Å²) >= 11 is 0. The largest absolute Gasteiger partial charge is 0.485 e. The van der Waals surface area contributed by atoms with Crippen LogP contribution in [-0.2, 0) is 11.2 Å². The SMILES string of the molecule is C=CCCCCC(CCC)C(=O)Oc1ccccc1-c1cc(CC=C)ccc1OC(CCNC)c1ccccc1.Cl. The monoisotopic (exact) mass is 575 g/mol. The van der Waals surface area contributed by atoms with Crippen LogP contribution < -0.4 is 14.8 Å². The molecule has 0 bridgehead atoms. The summed E-state index contributed by atoms with van der Waals surface area (Å²) < 4.78 is 12.9. The molecular formula is C36H46ClNO3. The number of esters is 1. The fourth-order valence-corrected chi connectivity index (χ4v) is 4.95. The van der Waals surface area contributed by atoms with Gasteiger partial charge in [0, 0.05) is 17.5 Å². The average Bonchev–Trinajstić information content (AvgIpc) is 2.98. The van der Waals surface area contributed by atoms with Gasteiger partial charge in [-0.05, 0) is 75.0 Å². The van der Waals surface area contributed by atoms with Gasteiger partial charge in [-0.1, -0.05) is 86.5 Å². The molecule has 0 saturated heterocycles. The van der Waals surface area contributed by atoms with E-state index in [-0.39, 0.29) is 30.4 Å². The molecule has 0 aliphatic heterocycles. The Hall–Kier alpha value is -3.34. The maximum absolute atomic E-state index is 13.4. The highest BCUT2D eigenvalue weighted by molar-refractivity contribution is 5.85. The molecule has 0 aliphatic rings. The van der Waals surface area contributed by atoms with E-state index < -0.39 is 0 Å². The zero-order valence-corrected chi connectivity index (χ0v) is 25.5. The number of unbranched alkanes of at least 4 members (excludes halogenated alkanes) is 2. The van der Waals surface area contributed by atoms with Crippen LogP contribution in [0.5, 0.6) is 11.5 Å².